The number of thiazole rings is 1. The molecule has 1 N–H and O–H groups in total. The molecule has 0 spiro atoms. The number of nitrogens with one attached hydrogen (secondary N) is 1. The average Bonchev–Trinajstić information content (AvgIpc) is 3.03. The van der Waals surface area contributed by atoms with Crippen LogP contribution in [0.3, 0.4) is 0 Å². The van der Waals surface area contributed by atoms with Crippen LogP contribution in [0.25, 0.3) is 0 Å². The molecule has 0 saturated heterocycles. The first-order chi connectivity index (χ1) is 9.80. The number of carbonyl (C=O) groups excluding carboxylic acids is 1. The van der Waals surface area contributed by atoms with Crippen molar-refractivity contribution in [3.63, 3.8) is 0 Å². The highest BCUT2D eigenvalue weighted by atomic mass is 32.1. The molecule has 0 amide bonds. The van der Waals surface area contributed by atoms with Crippen molar-refractivity contribution in [1.82, 2.24) is 4.98 Å². The maximum atomic E-state index is 11.5. The number of hydrogen-bond acceptors (Lipinski definition) is 5. The van der Waals surface area contributed by atoms with Crippen molar-refractivity contribution >= 4 is 28.0 Å². The van der Waals surface area contributed by atoms with Gasteiger partial charge in [0.2, 0.25) is 5.13 Å². The number of aromatic nitrogens is 1. The van der Waals surface area contributed by atoms with Crippen LogP contribution in [0.2, 0.25) is 0 Å². The van der Waals surface area contributed by atoms with Crippen molar-refractivity contribution in [3.8, 4) is 0 Å². The van der Waals surface area contributed by atoms with Gasteiger partial charge in [-0.25, -0.2) is 4.98 Å². The van der Waals surface area contributed by atoms with Gasteiger partial charge in [0.05, 0.1) is 10.6 Å². The minimum Gasteiger partial charge on any atom is -0.294 e. The first kappa shape index (κ1) is 14.7. The number of anilines is 1. The van der Waals surface area contributed by atoms with Crippen LogP contribution in [0.4, 0.5) is 5.13 Å². The molecule has 4 nitrogen and oxygen atoms in total. The lowest BCUT2D eigenvalue weighted by Crippen LogP contribution is -2.33. The topological polar surface area (TPSA) is 54.4 Å². The fraction of sp³-hybridized carbons (Fsp3) is 0.688. The fourth-order valence-corrected chi connectivity index (χ4v) is 4.70. The smallest absolute Gasteiger partial charge is 0.204 e. The van der Waals surface area contributed by atoms with Gasteiger partial charge in [0.1, 0.15) is 0 Å². The van der Waals surface area contributed by atoms with Gasteiger partial charge in [-0.05, 0) is 37.0 Å². The van der Waals surface area contributed by atoms with E-state index in [-0.39, 0.29) is 5.78 Å². The van der Waals surface area contributed by atoms with E-state index in [4.69, 9.17) is 0 Å². The highest BCUT2D eigenvalue weighted by Gasteiger charge is 2.53. The number of fused-ring (bicyclic) bond motifs is 2. The number of ketones is 1. The maximum Gasteiger partial charge on any atom is 0.204 e. The Kier molecular flexibility index (Phi) is 3.43. The average molecular weight is 305 g/mol. The van der Waals surface area contributed by atoms with Crippen LogP contribution >= 0.6 is 11.3 Å². The minimum atomic E-state index is 0.0704. The predicted octanol–water partition coefficient (Wildman–Crippen LogP) is 4.12. The molecule has 5 heteroatoms. The summed E-state index contributed by atoms with van der Waals surface area (Å²) in [5.74, 6) is 2.11. The SMILES string of the molecule is CC(=O)c1sc(NN=C2CC3CC2C(C)C3(C)C)nc1C. The molecule has 0 radical (unpaired) electrons. The van der Waals surface area contributed by atoms with Gasteiger partial charge in [0, 0.05) is 18.6 Å². The summed E-state index contributed by atoms with van der Waals surface area (Å²) in [7, 11) is 0. The molecule has 2 bridgehead atoms. The third-order valence-corrected chi connectivity index (χ3v) is 6.83. The molecule has 2 fully saturated rings. The number of aryl methyl sites for hydroxylation is 1. The fourth-order valence-electron chi connectivity index (χ4n) is 3.90. The monoisotopic (exact) mass is 305 g/mol. The Hall–Kier alpha value is -1.23. The van der Waals surface area contributed by atoms with Gasteiger partial charge in [-0.3, -0.25) is 10.2 Å². The van der Waals surface area contributed by atoms with Crippen LogP contribution in [0.5, 0.6) is 0 Å². The van der Waals surface area contributed by atoms with Gasteiger partial charge in [-0.15, -0.1) is 0 Å². The normalized spacial score (nSPS) is 31.9. The van der Waals surface area contributed by atoms with Crippen molar-refractivity contribution in [2.24, 2.45) is 28.3 Å². The van der Waals surface area contributed by atoms with Gasteiger partial charge >= 0.3 is 0 Å². The maximum absolute atomic E-state index is 11.5. The van der Waals surface area contributed by atoms with Crippen LogP contribution in [0.1, 0.15) is 55.9 Å². The molecular weight excluding hydrogens is 282 g/mol. The Balaban J connectivity index is 1.74. The number of nitrogens with zero attached hydrogens (tertiary/aromatic N) is 2. The lowest BCUT2D eigenvalue weighted by atomic mass is 9.69. The minimum absolute atomic E-state index is 0.0704. The van der Waals surface area contributed by atoms with Crippen LogP contribution in [0.15, 0.2) is 5.10 Å². The van der Waals surface area contributed by atoms with Crippen molar-refractivity contribution < 1.29 is 4.79 Å². The molecule has 114 valence electrons. The zero-order valence-electron chi connectivity index (χ0n) is 13.4. The number of rotatable bonds is 3. The molecule has 3 rings (SSSR count). The Morgan fingerprint density at radius 3 is 2.71 bits per heavy atom. The van der Waals surface area contributed by atoms with E-state index in [1.807, 2.05) is 6.92 Å². The molecule has 0 aliphatic heterocycles. The van der Waals surface area contributed by atoms with Gasteiger partial charge in [0.15, 0.2) is 5.78 Å². The van der Waals surface area contributed by atoms with Crippen molar-refractivity contribution in [3.05, 3.63) is 10.6 Å². The highest BCUT2D eigenvalue weighted by molar-refractivity contribution is 7.17. The van der Waals surface area contributed by atoms with Gasteiger partial charge in [-0.2, -0.15) is 5.10 Å². The van der Waals surface area contributed by atoms with Gasteiger partial charge in [0.25, 0.3) is 0 Å². The Morgan fingerprint density at radius 2 is 2.19 bits per heavy atom. The third kappa shape index (κ3) is 2.31. The van der Waals surface area contributed by atoms with E-state index in [1.54, 1.807) is 6.92 Å². The number of carbonyl (C=O) groups is 1. The van der Waals surface area contributed by atoms with Crippen LogP contribution < -0.4 is 5.43 Å². The summed E-state index contributed by atoms with van der Waals surface area (Å²) in [6, 6.07) is 0. The molecule has 1 aromatic rings. The van der Waals surface area contributed by atoms with E-state index in [0.29, 0.717) is 17.3 Å². The Bertz CT molecular complexity index is 613. The molecule has 0 aromatic carbocycles. The zero-order chi connectivity index (χ0) is 15.4. The van der Waals surface area contributed by atoms with Crippen LogP contribution in [0, 0.1) is 30.1 Å². The summed E-state index contributed by atoms with van der Waals surface area (Å²) in [5.41, 5.74) is 5.58. The third-order valence-electron chi connectivity index (χ3n) is 5.66. The second kappa shape index (κ2) is 4.90. The lowest BCUT2D eigenvalue weighted by molar-refractivity contribution is 0.102. The summed E-state index contributed by atoms with van der Waals surface area (Å²) < 4.78 is 0. The molecule has 1 aromatic heterocycles. The lowest BCUT2D eigenvalue weighted by Gasteiger charge is -2.36. The molecule has 2 aliphatic carbocycles. The van der Waals surface area contributed by atoms with E-state index in [0.717, 1.165) is 28.0 Å². The second-order valence-electron chi connectivity index (χ2n) is 7.06. The van der Waals surface area contributed by atoms with E-state index in [2.05, 4.69) is 36.3 Å². The predicted molar refractivity (Wildman–Crippen MR) is 87.1 cm³/mol. The van der Waals surface area contributed by atoms with Crippen molar-refractivity contribution in [2.45, 2.75) is 47.5 Å². The van der Waals surface area contributed by atoms with E-state index < -0.39 is 0 Å². The number of hydrazone groups is 1. The molecule has 3 unspecified atom stereocenters. The largest absolute Gasteiger partial charge is 0.294 e. The van der Waals surface area contributed by atoms with E-state index in [9.17, 15) is 4.79 Å². The molecular formula is C16H23N3OS. The first-order valence-electron chi connectivity index (χ1n) is 7.61. The molecule has 1 heterocycles. The van der Waals surface area contributed by atoms with Gasteiger partial charge in [-0.1, -0.05) is 32.1 Å². The molecule has 2 saturated carbocycles. The van der Waals surface area contributed by atoms with E-state index in [1.165, 1.54) is 23.5 Å². The van der Waals surface area contributed by atoms with Gasteiger partial charge < -0.3 is 0 Å². The number of Topliss-reactive ketones (excluding diaryl/α,β-unsaturated/α-hetero) is 1. The van der Waals surface area contributed by atoms with Crippen LogP contribution in [-0.4, -0.2) is 16.5 Å². The second-order valence-corrected chi connectivity index (χ2v) is 8.06. The zero-order valence-corrected chi connectivity index (χ0v) is 14.2. The number of hydrogen-bond donors (Lipinski definition) is 1. The summed E-state index contributed by atoms with van der Waals surface area (Å²) in [4.78, 5) is 16.6. The standard InChI is InChI=1S/C16H23N3OS/c1-8-12-6-11(16(8,4)5)7-13(12)18-19-15-17-9(2)14(21-15)10(3)20/h8,11-12H,6-7H2,1-5H3,(H,17,19). The molecule has 21 heavy (non-hydrogen) atoms. The summed E-state index contributed by atoms with van der Waals surface area (Å²) in [5, 5.41) is 5.33. The van der Waals surface area contributed by atoms with Crippen molar-refractivity contribution in [2.75, 3.05) is 5.43 Å². The summed E-state index contributed by atoms with van der Waals surface area (Å²) in [6.45, 7) is 10.6. The summed E-state index contributed by atoms with van der Waals surface area (Å²) in [6.07, 6.45) is 2.36. The van der Waals surface area contributed by atoms with Crippen molar-refractivity contribution in [1.29, 1.82) is 0 Å². The molecule has 2 aliphatic rings. The Morgan fingerprint density at radius 1 is 1.48 bits per heavy atom. The molecule has 3 atom stereocenters. The Labute approximate surface area is 130 Å². The van der Waals surface area contributed by atoms with Crippen LogP contribution in [-0.2, 0) is 0 Å². The quantitative estimate of drug-likeness (QED) is 0.675. The van der Waals surface area contributed by atoms with E-state index >= 15 is 0 Å². The highest BCUT2D eigenvalue weighted by Crippen LogP contribution is 2.57. The first-order valence-corrected chi connectivity index (χ1v) is 8.43. The summed E-state index contributed by atoms with van der Waals surface area (Å²) >= 11 is 1.39.